The Morgan fingerprint density at radius 1 is 1.68 bits per heavy atom. The number of aromatic nitrogens is 2. The van der Waals surface area contributed by atoms with Crippen LogP contribution >= 0.6 is 11.6 Å². The molecule has 1 saturated heterocycles. The number of methoxy groups -OCH3 is 1. The third kappa shape index (κ3) is 3.45. The first-order valence-electron chi connectivity index (χ1n) is 5.79. The number of carbonyl (C=O) groups is 1. The van der Waals surface area contributed by atoms with E-state index < -0.39 is 12.1 Å². The van der Waals surface area contributed by atoms with Gasteiger partial charge in [-0.3, -0.25) is 0 Å². The molecule has 2 N–H and O–H groups in total. The van der Waals surface area contributed by atoms with Crippen molar-refractivity contribution in [3.63, 3.8) is 0 Å². The van der Waals surface area contributed by atoms with Gasteiger partial charge in [-0.25, -0.2) is 9.78 Å². The normalized spacial score (nSPS) is 22.2. The van der Waals surface area contributed by atoms with Gasteiger partial charge in [-0.15, -0.1) is 0 Å². The number of carboxylic acid groups (broad SMARTS) is 1. The fraction of sp³-hybridized carbons (Fsp3) is 0.545. The first-order chi connectivity index (χ1) is 9.10. The summed E-state index contributed by atoms with van der Waals surface area (Å²) < 4.78 is 10.3. The van der Waals surface area contributed by atoms with Crippen molar-refractivity contribution in [1.29, 1.82) is 0 Å². The molecule has 0 bridgehead atoms. The zero-order valence-corrected chi connectivity index (χ0v) is 11.1. The van der Waals surface area contributed by atoms with Gasteiger partial charge >= 0.3 is 12.0 Å². The summed E-state index contributed by atoms with van der Waals surface area (Å²) in [6.45, 7) is 0.434. The standard InChI is InChI=1S/C11H14ClN3O4/c1-18-11-14-5-7(12)9(15-11)13-4-6-2-3-8(19-6)10(16)17/h5-6,8H,2-4H2,1H3,(H,16,17)(H,13,14,15). The number of hydrogen-bond acceptors (Lipinski definition) is 6. The summed E-state index contributed by atoms with van der Waals surface area (Å²) in [4.78, 5) is 18.7. The van der Waals surface area contributed by atoms with E-state index in [-0.39, 0.29) is 12.1 Å². The number of carboxylic acids is 1. The third-order valence-corrected chi connectivity index (χ3v) is 3.06. The molecule has 1 aliphatic rings. The van der Waals surface area contributed by atoms with Crippen LogP contribution in [0, 0.1) is 0 Å². The Kier molecular flexibility index (Phi) is 4.39. The van der Waals surface area contributed by atoms with Crippen LogP contribution in [0.2, 0.25) is 5.02 Å². The Balaban J connectivity index is 1.91. The van der Waals surface area contributed by atoms with E-state index in [1.807, 2.05) is 0 Å². The highest BCUT2D eigenvalue weighted by Crippen LogP contribution is 2.23. The van der Waals surface area contributed by atoms with E-state index in [0.29, 0.717) is 30.2 Å². The van der Waals surface area contributed by atoms with Gasteiger partial charge in [0.1, 0.15) is 5.02 Å². The smallest absolute Gasteiger partial charge is 0.332 e. The fourth-order valence-corrected chi connectivity index (χ4v) is 1.98. The van der Waals surface area contributed by atoms with Crippen LogP contribution in [-0.2, 0) is 9.53 Å². The van der Waals surface area contributed by atoms with Crippen molar-refractivity contribution in [3.05, 3.63) is 11.2 Å². The van der Waals surface area contributed by atoms with Crippen LogP contribution in [0.5, 0.6) is 6.01 Å². The first-order valence-corrected chi connectivity index (χ1v) is 6.16. The van der Waals surface area contributed by atoms with Gasteiger partial charge in [0.25, 0.3) is 0 Å². The number of halogens is 1. The molecule has 8 heteroatoms. The summed E-state index contributed by atoms with van der Waals surface area (Å²) in [6.07, 6.45) is 1.75. The molecule has 1 aromatic heterocycles. The second-order valence-corrected chi connectivity index (χ2v) is 4.50. The van der Waals surface area contributed by atoms with Crippen LogP contribution in [0.25, 0.3) is 0 Å². The van der Waals surface area contributed by atoms with Crippen molar-refractivity contribution in [2.45, 2.75) is 25.0 Å². The van der Waals surface area contributed by atoms with Gasteiger partial charge in [0.05, 0.1) is 19.4 Å². The van der Waals surface area contributed by atoms with E-state index >= 15 is 0 Å². The first kappa shape index (κ1) is 13.8. The van der Waals surface area contributed by atoms with Gasteiger partial charge in [0.2, 0.25) is 0 Å². The lowest BCUT2D eigenvalue weighted by molar-refractivity contribution is -0.149. The second-order valence-electron chi connectivity index (χ2n) is 4.10. The molecular weight excluding hydrogens is 274 g/mol. The predicted octanol–water partition coefficient (Wildman–Crippen LogP) is 1.18. The molecule has 104 valence electrons. The van der Waals surface area contributed by atoms with Crippen LogP contribution in [0.15, 0.2) is 6.20 Å². The summed E-state index contributed by atoms with van der Waals surface area (Å²) in [5, 5.41) is 12.2. The van der Waals surface area contributed by atoms with Gasteiger partial charge in [-0.05, 0) is 12.8 Å². The summed E-state index contributed by atoms with van der Waals surface area (Å²) in [7, 11) is 1.46. The largest absolute Gasteiger partial charge is 0.479 e. The average molecular weight is 288 g/mol. The quantitative estimate of drug-likeness (QED) is 0.840. The molecule has 19 heavy (non-hydrogen) atoms. The molecule has 2 heterocycles. The summed E-state index contributed by atoms with van der Waals surface area (Å²) in [5.41, 5.74) is 0. The molecule has 0 spiro atoms. The van der Waals surface area contributed by atoms with E-state index in [1.165, 1.54) is 13.3 Å². The fourth-order valence-electron chi connectivity index (χ4n) is 1.82. The molecule has 0 amide bonds. The minimum absolute atomic E-state index is 0.168. The molecular formula is C11H14ClN3O4. The number of nitrogens with one attached hydrogen (secondary N) is 1. The van der Waals surface area contributed by atoms with Crippen LogP contribution in [0.1, 0.15) is 12.8 Å². The average Bonchev–Trinajstić information content (AvgIpc) is 2.87. The Hall–Kier alpha value is -1.60. The Bertz CT molecular complexity index is 471. The highest BCUT2D eigenvalue weighted by Gasteiger charge is 2.30. The van der Waals surface area contributed by atoms with Crippen molar-refractivity contribution in [3.8, 4) is 6.01 Å². The molecule has 0 aromatic carbocycles. The molecule has 7 nitrogen and oxygen atoms in total. The van der Waals surface area contributed by atoms with Gasteiger partial charge < -0.3 is 19.9 Å². The third-order valence-electron chi connectivity index (χ3n) is 2.78. The van der Waals surface area contributed by atoms with E-state index in [0.717, 1.165) is 0 Å². The van der Waals surface area contributed by atoms with Gasteiger partial charge in [-0.2, -0.15) is 4.98 Å². The number of hydrogen-bond donors (Lipinski definition) is 2. The van der Waals surface area contributed by atoms with Crippen LogP contribution in [0.4, 0.5) is 5.82 Å². The second kappa shape index (κ2) is 6.03. The van der Waals surface area contributed by atoms with Gasteiger partial charge in [0.15, 0.2) is 11.9 Å². The van der Waals surface area contributed by atoms with E-state index in [4.69, 9.17) is 26.2 Å². The Morgan fingerprint density at radius 2 is 2.47 bits per heavy atom. The zero-order chi connectivity index (χ0) is 13.8. The lowest BCUT2D eigenvalue weighted by Gasteiger charge is -2.13. The van der Waals surface area contributed by atoms with Crippen molar-refractivity contribution in [2.24, 2.45) is 0 Å². The lowest BCUT2D eigenvalue weighted by atomic mass is 10.2. The van der Waals surface area contributed by atoms with E-state index in [9.17, 15) is 4.79 Å². The Morgan fingerprint density at radius 3 is 3.11 bits per heavy atom. The summed E-state index contributed by atoms with van der Waals surface area (Å²) >= 11 is 5.94. The summed E-state index contributed by atoms with van der Waals surface area (Å²) in [5.74, 6) is -0.486. The highest BCUT2D eigenvalue weighted by atomic mass is 35.5. The molecule has 0 aliphatic carbocycles. The lowest BCUT2D eigenvalue weighted by Crippen LogP contribution is -2.24. The summed E-state index contributed by atoms with van der Waals surface area (Å²) in [6, 6.07) is 0.211. The van der Waals surface area contributed by atoms with Crippen LogP contribution in [-0.4, -0.2) is 46.9 Å². The predicted molar refractivity (Wildman–Crippen MR) is 67.6 cm³/mol. The van der Waals surface area contributed by atoms with Crippen LogP contribution < -0.4 is 10.1 Å². The number of anilines is 1. The molecule has 2 unspecified atom stereocenters. The SMILES string of the molecule is COc1ncc(Cl)c(NCC2CCC(C(=O)O)O2)n1. The maximum absolute atomic E-state index is 10.8. The maximum Gasteiger partial charge on any atom is 0.332 e. The molecule has 2 rings (SSSR count). The van der Waals surface area contributed by atoms with Crippen LogP contribution in [0.3, 0.4) is 0 Å². The topological polar surface area (TPSA) is 93.6 Å². The number of aliphatic carboxylic acids is 1. The molecule has 2 atom stereocenters. The minimum atomic E-state index is -0.927. The molecule has 1 fully saturated rings. The van der Waals surface area contributed by atoms with Gasteiger partial charge in [0, 0.05) is 6.54 Å². The van der Waals surface area contributed by atoms with Crippen molar-refractivity contribution in [2.75, 3.05) is 19.0 Å². The number of nitrogens with zero attached hydrogens (tertiary/aromatic N) is 2. The Labute approximate surface area is 114 Å². The van der Waals surface area contributed by atoms with Crippen molar-refractivity contribution < 1.29 is 19.4 Å². The molecule has 0 radical (unpaired) electrons. The zero-order valence-electron chi connectivity index (χ0n) is 10.3. The monoisotopic (exact) mass is 287 g/mol. The highest BCUT2D eigenvalue weighted by molar-refractivity contribution is 6.32. The molecule has 1 aliphatic heterocycles. The number of ether oxygens (including phenoxy) is 2. The minimum Gasteiger partial charge on any atom is -0.479 e. The van der Waals surface area contributed by atoms with E-state index in [1.54, 1.807) is 0 Å². The van der Waals surface area contributed by atoms with Crippen molar-refractivity contribution >= 4 is 23.4 Å². The molecule has 1 aromatic rings. The number of rotatable bonds is 5. The van der Waals surface area contributed by atoms with Gasteiger partial charge in [-0.1, -0.05) is 11.6 Å². The maximum atomic E-state index is 10.8. The van der Waals surface area contributed by atoms with Crippen molar-refractivity contribution in [1.82, 2.24) is 9.97 Å². The van der Waals surface area contributed by atoms with E-state index in [2.05, 4.69) is 15.3 Å². The molecule has 0 saturated carbocycles.